The lowest BCUT2D eigenvalue weighted by Crippen LogP contribution is -2.41. The van der Waals surface area contributed by atoms with E-state index < -0.39 is 9.84 Å². The first-order valence-corrected chi connectivity index (χ1v) is 9.83. The summed E-state index contributed by atoms with van der Waals surface area (Å²) in [6.07, 6.45) is 1.68. The molecule has 1 heterocycles. The van der Waals surface area contributed by atoms with Crippen molar-refractivity contribution in [3.8, 4) is 0 Å². The van der Waals surface area contributed by atoms with Gasteiger partial charge in [0.15, 0.2) is 9.84 Å². The SMILES string of the molecule is O=C(c1ccccc1)N1CCCC(CS(=O)(=O)c2ccccc2)C1. The van der Waals surface area contributed by atoms with Gasteiger partial charge in [0.25, 0.3) is 5.91 Å². The van der Waals surface area contributed by atoms with Crippen LogP contribution in [0.4, 0.5) is 0 Å². The van der Waals surface area contributed by atoms with E-state index >= 15 is 0 Å². The maximum absolute atomic E-state index is 12.6. The third-order valence-corrected chi connectivity index (χ3v) is 6.29. The Morgan fingerprint density at radius 2 is 1.62 bits per heavy atom. The van der Waals surface area contributed by atoms with E-state index in [-0.39, 0.29) is 17.6 Å². The van der Waals surface area contributed by atoms with Gasteiger partial charge in [-0.1, -0.05) is 36.4 Å². The summed E-state index contributed by atoms with van der Waals surface area (Å²) in [6, 6.07) is 17.7. The standard InChI is InChI=1S/C19H21NO3S/c21-19(17-9-3-1-4-10-17)20-13-7-8-16(14-20)15-24(22,23)18-11-5-2-6-12-18/h1-6,9-12,16H,7-8,13-15H2. The zero-order valence-electron chi connectivity index (χ0n) is 13.5. The minimum atomic E-state index is -3.31. The second kappa shape index (κ2) is 7.18. The number of piperidine rings is 1. The van der Waals surface area contributed by atoms with Crippen LogP contribution in [-0.4, -0.2) is 38.1 Å². The second-order valence-corrected chi connectivity index (χ2v) is 8.25. The summed E-state index contributed by atoms with van der Waals surface area (Å²) in [5, 5.41) is 0. The van der Waals surface area contributed by atoms with Crippen molar-refractivity contribution in [3.63, 3.8) is 0 Å². The molecule has 1 aliphatic rings. The molecular weight excluding hydrogens is 322 g/mol. The minimum Gasteiger partial charge on any atom is -0.338 e. The minimum absolute atomic E-state index is 0.0163. The highest BCUT2D eigenvalue weighted by Gasteiger charge is 2.28. The third kappa shape index (κ3) is 3.85. The van der Waals surface area contributed by atoms with Crippen molar-refractivity contribution < 1.29 is 13.2 Å². The molecule has 1 amide bonds. The third-order valence-electron chi connectivity index (χ3n) is 4.38. The highest BCUT2D eigenvalue weighted by atomic mass is 32.2. The van der Waals surface area contributed by atoms with Gasteiger partial charge >= 0.3 is 0 Å². The smallest absolute Gasteiger partial charge is 0.253 e. The molecule has 126 valence electrons. The molecule has 0 radical (unpaired) electrons. The topological polar surface area (TPSA) is 54.5 Å². The molecule has 2 aromatic rings. The molecule has 2 aromatic carbocycles. The second-order valence-electron chi connectivity index (χ2n) is 6.22. The normalized spacial score (nSPS) is 18.3. The van der Waals surface area contributed by atoms with Gasteiger partial charge in [0.1, 0.15) is 0 Å². The summed E-state index contributed by atoms with van der Waals surface area (Å²) >= 11 is 0. The van der Waals surface area contributed by atoms with Crippen molar-refractivity contribution in [3.05, 3.63) is 66.2 Å². The van der Waals surface area contributed by atoms with Crippen LogP contribution in [0.1, 0.15) is 23.2 Å². The first-order valence-electron chi connectivity index (χ1n) is 8.18. The van der Waals surface area contributed by atoms with Gasteiger partial charge in [-0.15, -0.1) is 0 Å². The summed E-state index contributed by atoms with van der Waals surface area (Å²) in [6.45, 7) is 1.19. The number of carbonyl (C=O) groups is 1. The number of hydrogen-bond donors (Lipinski definition) is 0. The van der Waals surface area contributed by atoms with Gasteiger partial charge in [-0.05, 0) is 43.0 Å². The highest BCUT2D eigenvalue weighted by Crippen LogP contribution is 2.23. The lowest BCUT2D eigenvalue weighted by atomic mass is 9.99. The van der Waals surface area contributed by atoms with Gasteiger partial charge in [-0.3, -0.25) is 4.79 Å². The summed E-state index contributed by atoms with van der Waals surface area (Å²) < 4.78 is 25.1. The van der Waals surface area contributed by atoms with Gasteiger partial charge in [-0.25, -0.2) is 8.42 Å². The lowest BCUT2D eigenvalue weighted by molar-refractivity contribution is 0.0684. The monoisotopic (exact) mass is 343 g/mol. The van der Waals surface area contributed by atoms with Gasteiger partial charge in [0.2, 0.25) is 0 Å². The Labute approximate surface area is 143 Å². The number of likely N-dealkylation sites (tertiary alicyclic amines) is 1. The van der Waals surface area contributed by atoms with Crippen LogP contribution in [0.25, 0.3) is 0 Å². The summed E-state index contributed by atoms with van der Waals surface area (Å²) in [4.78, 5) is 14.7. The molecule has 5 heteroatoms. The number of benzene rings is 2. The molecule has 0 spiro atoms. The molecule has 1 aliphatic heterocycles. The fraction of sp³-hybridized carbons (Fsp3) is 0.316. The van der Waals surface area contributed by atoms with Crippen LogP contribution in [0.2, 0.25) is 0 Å². The molecule has 1 fully saturated rings. The molecule has 0 bridgehead atoms. The Bertz CT molecular complexity index is 788. The van der Waals surface area contributed by atoms with Crippen LogP contribution in [0.5, 0.6) is 0 Å². The molecule has 1 atom stereocenters. The maximum Gasteiger partial charge on any atom is 0.253 e. The molecule has 4 nitrogen and oxygen atoms in total. The van der Waals surface area contributed by atoms with E-state index in [1.807, 2.05) is 18.2 Å². The fourth-order valence-corrected chi connectivity index (χ4v) is 4.84. The van der Waals surface area contributed by atoms with Crippen LogP contribution in [0.3, 0.4) is 0 Å². The van der Waals surface area contributed by atoms with E-state index in [1.165, 1.54) is 0 Å². The predicted octanol–water partition coefficient (Wildman–Crippen LogP) is 3.01. The van der Waals surface area contributed by atoms with Gasteiger partial charge in [-0.2, -0.15) is 0 Å². The summed E-state index contributed by atoms with van der Waals surface area (Å²) in [7, 11) is -3.31. The Morgan fingerprint density at radius 1 is 1.00 bits per heavy atom. The average Bonchev–Trinajstić information content (AvgIpc) is 2.62. The number of hydrogen-bond acceptors (Lipinski definition) is 3. The molecule has 1 saturated heterocycles. The van der Waals surface area contributed by atoms with E-state index in [2.05, 4.69) is 0 Å². The van der Waals surface area contributed by atoms with Gasteiger partial charge < -0.3 is 4.90 Å². The quantitative estimate of drug-likeness (QED) is 0.857. The molecule has 3 rings (SSSR count). The molecule has 1 unspecified atom stereocenters. The summed E-state index contributed by atoms with van der Waals surface area (Å²) in [5.74, 6) is 0.0595. The first kappa shape index (κ1) is 16.7. The molecule has 0 N–H and O–H groups in total. The number of carbonyl (C=O) groups excluding carboxylic acids is 1. The van der Waals surface area contributed by atoms with E-state index in [9.17, 15) is 13.2 Å². The zero-order valence-corrected chi connectivity index (χ0v) is 14.3. The van der Waals surface area contributed by atoms with E-state index in [1.54, 1.807) is 47.4 Å². The van der Waals surface area contributed by atoms with E-state index in [4.69, 9.17) is 0 Å². The largest absolute Gasteiger partial charge is 0.338 e. The van der Waals surface area contributed by atoms with Crippen molar-refractivity contribution in [2.75, 3.05) is 18.8 Å². The summed E-state index contributed by atoms with van der Waals surface area (Å²) in [5.41, 5.74) is 0.657. The van der Waals surface area contributed by atoms with E-state index in [0.29, 0.717) is 23.5 Å². The van der Waals surface area contributed by atoms with Gasteiger partial charge in [0, 0.05) is 18.7 Å². The highest BCUT2D eigenvalue weighted by molar-refractivity contribution is 7.91. The Kier molecular flexibility index (Phi) is 5.00. The fourth-order valence-electron chi connectivity index (χ4n) is 3.18. The molecule has 0 aromatic heterocycles. The maximum atomic E-state index is 12.6. The number of amides is 1. The Hall–Kier alpha value is -2.14. The molecule has 0 aliphatic carbocycles. The van der Waals surface area contributed by atoms with Crippen molar-refractivity contribution in [1.82, 2.24) is 4.90 Å². The first-order chi connectivity index (χ1) is 11.6. The predicted molar refractivity (Wildman–Crippen MR) is 93.6 cm³/mol. The van der Waals surface area contributed by atoms with Crippen LogP contribution in [0.15, 0.2) is 65.6 Å². The van der Waals surface area contributed by atoms with Crippen LogP contribution in [0, 0.1) is 5.92 Å². The molecule has 24 heavy (non-hydrogen) atoms. The van der Waals surface area contributed by atoms with Crippen LogP contribution < -0.4 is 0 Å². The zero-order chi connectivity index (χ0) is 17.0. The van der Waals surface area contributed by atoms with Crippen molar-refractivity contribution in [2.24, 2.45) is 5.92 Å². The van der Waals surface area contributed by atoms with Gasteiger partial charge in [0.05, 0.1) is 10.6 Å². The number of sulfone groups is 1. The number of nitrogens with zero attached hydrogens (tertiary/aromatic N) is 1. The Balaban J connectivity index is 1.69. The van der Waals surface area contributed by atoms with Crippen LogP contribution >= 0.6 is 0 Å². The van der Waals surface area contributed by atoms with Crippen LogP contribution in [-0.2, 0) is 9.84 Å². The van der Waals surface area contributed by atoms with Crippen molar-refractivity contribution >= 4 is 15.7 Å². The average molecular weight is 343 g/mol. The van der Waals surface area contributed by atoms with E-state index in [0.717, 1.165) is 12.8 Å². The molecular formula is C19H21NO3S. The molecule has 0 saturated carbocycles. The Morgan fingerprint density at radius 3 is 2.29 bits per heavy atom. The lowest BCUT2D eigenvalue weighted by Gasteiger charge is -2.32. The van der Waals surface area contributed by atoms with Crippen molar-refractivity contribution in [1.29, 1.82) is 0 Å². The van der Waals surface area contributed by atoms with Crippen molar-refractivity contribution in [2.45, 2.75) is 17.7 Å². The number of rotatable bonds is 4.